The van der Waals surface area contributed by atoms with Crippen molar-refractivity contribution in [3.8, 4) is 11.5 Å². The van der Waals surface area contributed by atoms with Gasteiger partial charge in [-0.3, -0.25) is 4.79 Å². The summed E-state index contributed by atoms with van der Waals surface area (Å²) in [5, 5.41) is 2.86. The molecule has 0 aliphatic carbocycles. The highest BCUT2D eigenvalue weighted by atomic mass is 32.2. The van der Waals surface area contributed by atoms with Gasteiger partial charge in [0.05, 0.1) is 5.75 Å². The van der Waals surface area contributed by atoms with Crippen molar-refractivity contribution in [2.45, 2.75) is 32.4 Å². The minimum Gasteiger partial charge on any atom is -0.485 e. The van der Waals surface area contributed by atoms with Gasteiger partial charge in [0.2, 0.25) is 16.1 Å². The molecule has 154 valence electrons. The lowest BCUT2D eigenvalue weighted by Gasteiger charge is -2.29. The summed E-state index contributed by atoms with van der Waals surface area (Å²) in [7, 11) is -3.25. The van der Waals surface area contributed by atoms with Gasteiger partial charge < -0.3 is 14.8 Å². The molecule has 2 aliphatic rings. The summed E-state index contributed by atoms with van der Waals surface area (Å²) in [6.07, 6.45) is 0.513. The lowest BCUT2D eigenvalue weighted by atomic mass is 10.0. The first-order valence-corrected chi connectivity index (χ1v) is 11.4. The van der Waals surface area contributed by atoms with Crippen LogP contribution in [0.4, 0.5) is 5.69 Å². The number of fused-ring (bicyclic) bond motifs is 2. The third-order valence-electron chi connectivity index (χ3n) is 5.11. The van der Waals surface area contributed by atoms with Crippen molar-refractivity contribution in [2.24, 2.45) is 0 Å². The molecule has 0 radical (unpaired) electrons. The summed E-state index contributed by atoms with van der Waals surface area (Å²) in [6, 6.07) is 12.9. The number of amides is 1. The van der Waals surface area contributed by atoms with Crippen LogP contribution in [-0.2, 0) is 27.8 Å². The Hall–Kier alpha value is -2.58. The number of sulfonamides is 1. The number of rotatable bonds is 5. The molecule has 1 N–H and O–H groups in total. The fourth-order valence-corrected chi connectivity index (χ4v) is 5.08. The molecule has 29 heavy (non-hydrogen) atoms. The first-order chi connectivity index (χ1) is 14.0. The van der Waals surface area contributed by atoms with Crippen molar-refractivity contribution in [2.75, 3.05) is 24.2 Å². The minimum absolute atomic E-state index is 0.136. The second kappa shape index (κ2) is 8.04. The normalized spacial score (nSPS) is 18.7. The third-order valence-corrected chi connectivity index (χ3v) is 7.13. The zero-order valence-electron chi connectivity index (χ0n) is 16.3. The number of anilines is 1. The van der Waals surface area contributed by atoms with Crippen LogP contribution in [0.15, 0.2) is 42.5 Å². The molecule has 2 aromatic rings. The molecule has 2 heterocycles. The number of hydrogen-bond acceptors (Lipinski definition) is 5. The lowest BCUT2D eigenvalue weighted by molar-refractivity contribution is -0.125. The standard InChI is InChI=1S/C21H24N2O5S/c1-2-11-29(25,26)23-10-9-15-7-8-17(12-16(15)13-23)22-21(24)20-14-27-18-5-3-4-6-19(18)28-20/h3-8,12,20H,2,9-11,13-14H2,1H3,(H,22,24). The Morgan fingerprint density at radius 2 is 1.97 bits per heavy atom. The highest BCUT2D eigenvalue weighted by Gasteiger charge is 2.29. The number of benzene rings is 2. The molecule has 2 aliphatic heterocycles. The van der Waals surface area contributed by atoms with E-state index in [0.29, 0.717) is 43.1 Å². The smallest absolute Gasteiger partial charge is 0.269 e. The predicted octanol–water partition coefficient (Wildman–Crippen LogP) is 2.56. The van der Waals surface area contributed by atoms with Crippen LogP contribution in [0.5, 0.6) is 11.5 Å². The van der Waals surface area contributed by atoms with Crippen LogP contribution in [0.1, 0.15) is 24.5 Å². The zero-order valence-corrected chi connectivity index (χ0v) is 17.1. The van der Waals surface area contributed by atoms with Crippen LogP contribution in [0.3, 0.4) is 0 Å². The van der Waals surface area contributed by atoms with Gasteiger partial charge in [-0.15, -0.1) is 0 Å². The molecule has 1 atom stereocenters. The third kappa shape index (κ3) is 4.23. The number of carbonyl (C=O) groups is 1. The van der Waals surface area contributed by atoms with Crippen molar-refractivity contribution in [1.29, 1.82) is 0 Å². The van der Waals surface area contributed by atoms with E-state index in [1.165, 1.54) is 4.31 Å². The van der Waals surface area contributed by atoms with E-state index in [2.05, 4.69) is 5.32 Å². The summed E-state index contributed by atoms with van der Waals surface area (Å²) in [5.74, 6) is 1.02. The molecule has 0 bridgehead atoms. The van der Waals surface area contributed by atoms with E-state index in [1.807, 2.05) is 37.3 Å². The molecule has 0 fully saturated rings. The van der Waals surface area contributed by atoms with Crippen LogP contribution in [0, 0.1) is 0 Å². The Morgan fingerprint density at radius 1 is 1.17 bits per heavy atom. The van der Waals surface area contributed by atoms with Gasteiger partial charge in [-0.05, 0) is 48.2 Å². The van der Waals surface area contributed by atoms with Crippen LogP contribution in [0.2, 0.25) is 0 Å². The number of nitrogens with one attached hydrogen (secondary N) is 1. The monoisotopic (exact) mass is 416 g/mol. The van der Waals surface area contributed by atoms with Crippen molar-refractivity contribution >= 4 is 21.6 Å². The largest absolute Gasteiger partial charge is 0.485 e. The summed E-state index contributed by atoms with van der Waals surface area (Å²) in [5.41, 5.74) is 2.64. The SMILES string of the molecule is CCCS(=O)(=O)N1CCc2ccc(NC(=O)C3COc4ccccc4O3)cc2C1. The topological polar surface area (TPSA) is 84.9 Å². The van der Waals surface area contributed by atoms with Gasteiger partial charge in [0, 0.05) is 18.8 Å². The van der Waals surface area contributed by atoms with Crippen molar-refractivity contribution < 1.29 is 22.7 Å². The Bertz CT molecular complexity index is 1020. The maximum absolute atomic E-state index is 12.6. The molecule has 2 aromatic carbocycles. The molecular formula is C21H24N2O5S. The van der Waals surface area contributed by atoms with E-state index in [9.17, 15) is 13.2 Å². The quantitative estimate of drug-likeness (QED) is 0.810. The highest BCUT2D eigenvalue weighted by Crippen LogP contribution is 2.31. The molecule has 0 aromatic heterocycles. The molecule has 0 spiro atoms. The van der Waals surface area contributed by atoms with E-state index < -0.39 is 16.1 Å². The predicted molar refractivity (Wildman–Crippen MR) is 110 cm³/mol. The van der Waals surface area contributed by atoms with E-state index in [0.717, 1.165) is 11.1 Å². The van der Waals surface area contributed by atoms with Gasteiger partial charge >= 0.3 is 0 Å². The Balaban J connectivity index is 1.45. The van der Waals surface area contributed by atoms with E-state index in [4.69, 9.17) is 9.47 Å². The van der Waals surface area contributed by atoms with E-state index >= 15 is 0 Å². The fourth-order valence-electron chi connectivity index (χ4n) is 3.60. The van der Waals surface area contributed by atoms with E-state index in [1.54, 1.807) is 12.1 Å². The fraction of sp³-hybridized carbons (Fsp3) is 0.381. The van der Waals surface area contributed by atoms with Crippen LogP contribution < -0.4 is 14.8 Å². The van der Waals surface area contributed by atoms with Gasteiger partial charge in [-0.25, -0.2) is 8.42 Å². The first-order valence-electron chi connectivity index (χ1n) is 9.75. The summed E-state index contributed by atoms with van der Waals surface area (Å²) >= 11 is 0. The summed E-state index contributed by atoms with van der Waals surface area (Å²) < 4.78 is 37.7. The molecular weight excluding hydrogens is 392 g/mol. The highest BCUT2D eigenvalue weighted by molar-refractivity contribution is 7.89. The Morgan fingerprint density at radius 3 is 2.76 bits per heavy atom. The van der Waals surface area contributed by atoms with Gasteiger partial charge in [-0.1, -0.05) is 25.1 Å². The number of hydrogen-bond donors (Lipinski definition) is 1. The first kappa shape index (κ1) is 19.7. The number of nitrogens with zero attached hydrogens (tertiary/aromatic N) is 1. The van der Waals surface area contributed by atoms with Crippen LogP contribution >= 0.6 is 0 Å². The molecule has 4 rings (SSSR count). The van der Waals surface area contributed by atoms with Gasteiger partial charge in [0.15, 0.2) is 11.5 Å². The van der Waals surface area contributed by atoms with Crippen LogP contribution in [-0.4, -0.2) is 43.6 Å². The van der Waals surface area contributed by atoms with Crippen molar-refractivity contribution in [3.05, 3.63) is 53.6 Å². The average Bonchev–Trinajstić information content (AvgIpc) is 2.72. The molecule has 7 nitrogen and oxygen atoms in total. The molecule has 1 amide bonds. The molecule has 1 unspecified atom stereocenters. The summed E-state index contributed by atoms with van der Waals surface area (Å²) in [4.78, 5) is 12.6. The Labute approximate surface area is 170 Å². The lowest BCUT2D eigenvalue weighted by Crippen LogP contribution is -2.40. The average molecular weight is 416 g/mol. The maximum atomic E-state index is 12.6. The van der Waals surface area contributed by atoms with E-state index in [-0.39, 0.29) is 18.3 Å². The number of carbonyl (C=O) groups excluding carboxylic acids is 1. The molecule has 0 saturated heterocycles. The van der Waals surface area contributed by atoms with Gasteiger partial charge in [0.1, 0.15) is 6.61 Å². The minimum atomic E-state index is -3.25. The maximum Gasteiger partial charge on any atom is 0.269 e. The zero-order chi connectivity index (χ0) is 20.4. The number of ether oxygens (including phenoxy) is 2. The van der Waals surface area contributed by atoms with Crippen LogP contribution in [0.25, 0.3) is 0 Å². The second-order valence-corrected chi connectivity index (χ2v) is 9.33. The van der Waals surface area contributed by atoms with Crippen molar-refractivity contribution in [3.63, 3.8) is 0 Å². The van der Waals surface area contributed by atoms with Gasteiger partial charge in [0.25, 0.3) is 5.91 Å². The summed E-state index contributed by atoms with van der Waals surface area (Å²) in [6.45, 7) is 2.82. The number of para-hydroxylation sites is 2. The molecule has 8 heteroatoms. The second-order valence-electron chi connectivity index (χ2n) is 7.24. The Kier molecular flexibility index (Phi) is 5.47. The van der Waals surface area contributed by atoms with Gasteiger partial charge in [-0.2, -0.15) is 4.31 Å². The van der Waals surface area contributed by atoms with Crippen molar-refractivity contribution in [1.82, 2.24) is 4.31 Å². The molecule has 0 saturated carbocycles.